The minimum Gasteiger partial charge on any atom is -0.481 e. The molecule has 0 bridgehead atoms. The molecule has 2 aromatic carbocycles. The molecule has 1 heterocycles. The number of carbonyl (C=O) groups excluding carboxylic acids is 1. The average Bonchev–Trinajstić information content (AvgIpc) is 3.14. The molecule has 3 aromatic rings. The number of aromatic nitrogens is 3. The molecule has 31 heavy (non-hydrogen) atoms. The molecule has 3 rings (SSSR count). The number of carbonyl (C=O) groups is 1. The summed E-state index contributed by atoms with van der Waals surface area (Å²) in [5, 5.41) is 12.5. The Bertz CT molecular complexity index is 1100. The van der Waals surface area contributed by atoms with Gasteiger partial charge in [-0.05, 0) is 50.2 Å². The highest BCUT2D eigenvalue weighted by Crippen LogP contribution is 2.31. The molecule has 6 nitrogen and oxygen atoms in total. The molecule has 1 atom stereocenters. The first-order valence-corrected chi connectivity index (χ1v) is 11.3. The van der Waals surface area contributed by atoms with Gasteiger partial charge in [-0.1, -0.05) is 46.6 Å². The van der Waals surface area contributed by atoms with Gasteiger partial charge in [0.1, 0.15) is 11.6 Å². The molecule has 1 N–H and O–H groups in total. The van der Waals surface area contributed by atoms with Gasteiger partial charge in [0.05, 0.1) is 15.8 Å². The highest BCUT2D eigenvalue weighted by Gasteiger charge is 2.20. The maximum atomic E-state index is 13.2. The van der Waals surface area contributed by atoms with Crippen molar-refractivity contribution in [3.05, 3.63) is 63.1 Å². The average molecular weight is 504 g/mol. The minimum atomic E-state index is -0.547. The predicted octanol–water partition coefficient (Wildman–Crippen LogP) is 6.27. The van der Waals surface area contributed by atoms with E-state index in [0.29, 0.717) is 39.0 Å². The van der Waals surface area contributed by atoms with E-state index in [4.69, 9.17) is 39.5 Å². The molecular weight excluding hydrogens is 486 g/mol. The van der Waals surface area contributed by atoms with Crippen molar-refractivity contribution in [3.8, 4) is 5.75 Å². The number of hydrogen-bond donors (Lipinski definition) is 1. The van der Waals surface area contributed by atoms with E-state index in [1.54, 1.807) is 18.2 Å². The SMILES string of the molecule is CCn1c(SCC(=O)Nc2ccc(F)c(Cl)c2)nnc1C(C)Oc1ccc(Cl)cc1Cl. The first kappa shape index (κ1) is 23.7. The van der Waals surface area contributed by atoms with Crippen molar-refractivity contribution in [1.82, 2.24) is 14.8 Å². The molecule has 1 aromatic heterocycles. The Balaban J connectivity index is 1.65. The van der Waals surface area contributed by atoms with Gasteiger partial charge in [0.15, 0.2) is 17.1 Å². The number of hydrogen-bond acceptors (Lipinski definition) is 5. The maximum Gasteiger partial charge on any atom is 0.234 e. The zero-order valence-corrected chi connectivity index (χ0v) is 19.6. The van der Waals surface area contributed by atoms with Crippen LogP contribution in [0.1, 0.15) is 25.8 Å². The zero-order chi connectivity index (χ0) is 22.5. The van der Waals surface area contributed by atoms with Gasteiger partial charge in [-0.2, -0.15) is 0 Å². The number of halogens is 4. The summed E-state index contributed by atoms with van der Waals surface area (Å²) in [4.78, 5) is 12.3. The van der Waals surface area contributed by atoms with Gasteiger partial charge in [0.25, 0.3) is 0 Å². The van der Waals surface area contributed by atoms with E-state index in [1.165, 1.54) is 30.0 Å². The Morgan fingerprint density at radius 2 is 1.97 bits per heavy atom. The summed E-state index contributed by atoms with van der Waals surface area (Å²) < 4.78 is 21.0. The normalized spacial score (nSPS) is 11.9. The van der Waals surface area contributed by atoms with Crippen LogP contribution < -0.4 is 10.1 Å². The smallest absolute Gasteiger partial charge is 0.234 e. The van der Waals surface area contributed by atoms with E-state index in [1.807, 2.05) is 18.4 Å². The molecule has 0 radical (unpaired) electrons. The van der Waals surface area contributed by atoms with Gasteiger partial charge >= 0.3 is 0 Å². The van der Waals surface area contributed by atoms with E-state index < -0.39 is 11.9 Å². The summed E-state index contributed by atoms with van der Waals surface area (Å²) in [6, 6.07) is 8.97. The van der Waals surface area contributed by atoms with Crippen molar-refractivity contribution in [2.75, 3.05) is 11.1 Å². The second kappa shape index (κ2) is 10.5. The lowest BCUT2D eigenvalue weighted by molar-refractivity contribution is -0.113. The molecule has 0 fully saturated rings. The third kappa shape index (κ3) is 6.04. The highest BCUT2D eigenvalue weighted by atomic mass is 35.5. The number of rotatable bonds is 8. The first-order valence-electron chi connectivity index (χ1n) is 9.21. The third-order valence-electron chi connectivity index (χ3n) is 4.16. The predicted molar refractivity (Wildman–Crippen MR) is 122 cm³/mol. The van der Waals surface area contributed by atoms with Gasteiger partial charge in [0.2, 0.25) is 5.91 Å². The van der Waals surface area contributed by atoms with Crippen LogP contribution in [-0.2, 0) is 11.3 Å². The molecular formula is C20H18Cl3FN4O2S. The maximum absolute atomic E-state index is 13.2. The fraction of sp³-hybridized carbons (Fsp3) is 0.250. The van der Waals surface area contributed by atoms with Crippen molar-refractivity contribution in [3.63, 3.8) is 0 Å². The van der Waals surface area contributed by atoms with Crippen LogP contribution >= 0.6 is 46.6 Å². The number of nitrogens with zero attached hydrogens (tertiary/aromatic N) is 3. The van der Waals surface area contributed by atoms with Crippen LogP contribution in [0.25, 0.3) is 0 Å². The quantitative estimate of drug-likeness (QED) is 0.367. The monoisotopic (exact) mass is 502 g/mol. The second-order valence-corrected chi connectivity index (χ2v) is 8.58. The van der Waals surface area contributed by atoms with Gasteiger partial charge < -0.3 is 14.6 Å². The molecule has 0 saturated carbocycles. The molecule has 0 aliphatic rings. The fourth-order valence-corrected chi connectivity index (χ4v) is 4.16. The van der Waals surface area contributed by atoms with Crippen molar-refractivity contribution in [1.29, 1.82) is 0 Å². The summed E-state index contributed by atoms with van der Waals surface area (Å²) >= 11 is 19.1. The summed E-state index contributed by atoms with van der Waals surface area (Å²) in [6.07, 6.45) is -0.435. The lowest BCUT2D eigenvalue weighted by Gasteiger charge is -2.16. The minimum absolute atomic E-state index is 0.0596. The lowest BCUT2D eigenvalue weighted by Crippen LogP contribution is -2.15. The number of amides is 1. The summed E-state index contributed by atoms with van der Waals surface area (Å²) in [5.74, 6) is 0.342. The molecule has 11 heteroatoms. The number of nitrogens with one attached hydrogen (secondary N) is 1. The Morgan fingerprint density at radius 3 is 2.65 bits per heavy atom. The van der Waals surface area contributed by atoms with E-state index in [9.17, 15) is 9.18 Å². The van der Waals surface area contributed by atoms with Crippen molar-refractivity contribution in [2.24, 2.45) is 0 Å². The van der Waals surface area contributed by atoms with Crippen molar-refractivity contribution in [2.45, 2.75) is 31.7 Å². The molecule has 164 valence electrons. The van der Waals surface area contributed by atoms with Crippen molar-refractivity contribution >= 4 is 58.2 Å². The molecule has 1 unspecified atom stereocenters. The number of anilines is 1. The Labute approximate surface area is 198 Å². The topological polar surface area (TPSA) is 69.0 Å². The van der Waals surface area contributed by atoms with Crippen LogP contribution in [0.5, 0.6) is 5.75 Å². The molecule has 0 saturated heterocycles. The summed E-state index contributed by atoms with van der Waals surface area (Å²) in [6.45, 7) is 4.36. The third-order valence-corrected chi connectivity index (χ3v) is 5.95. The van der Waals surface area contributed by atoms with Gasteiger partial charge in [-0.15, -0.1) is 10.2 Å². The number of ether oxygens (including phenoxy) is 1. The standard InChI is InChI=1S/C20H18Cl3FN4O2S/c1-3-28-19(11(2)30-17-7-4-12(21)8-15(17)23)26-27-20(28)31-10-18(29)25-13-5-6-16(24)14(22)9-13/h4-9,11H,3,10H2,1-2H3,(H,25,29). The Morgan fingerprint density at radius 1 is 1.19 bits per heavy atom. The van der Waals surface area contributed by atoms with E-state index in [0.717, 1.165) is 0 Å². The lowest BCUT2D eigenvalue weighted by atomic mass is 10.3. The van der Waals surface area contributed by atoms with Crippen LogP contribution in [0.2, 0.25) is 15.1 Å². The number of benzene rings is 2. The van der Waals surface area contributed by atoms with E-state index >= 15 is 0 Å². The van der Waals surface area contributed by atoms with Crippen LogP contribution in [0.4, 0.5) is 10.1 Å². The van der Waals surface area contributed by atoms with Gasteiger partial charge in [-0.3, -0.25) is 4.79 Å². The molecule has 0 aliphatic carbocycles. The van der Waals surface area contributed by atoms with Gasteiger partial charge in [0, 0.05) is 17.3 Å². The fourth-order valence-electron chi connectivity index (χ4n) is 2.72. The largest absolute Gasteiger partial charge is 0.481 e. The molecule has 0 spiro atoms. The van der Waals surface area contributed by atoms with Crippen LogP contribution in [0.15, 0.2) is 41.6 Å². The van der Waals surface area contributed by atoms with Gasteiger partial charge in [-0.25, -0.2) is 4.39 Å². The van der Waals surface area contributed by atoms with Crippen LogP contribution in [-0.4, -0.2) is 26.4 Å². The molecule has 1 amide bonds. The molecule has 0 aliphatic heterocycles. The Kier molecular flexibility index (Phi) is 8.05. The zero-order valence-electron chi connectivity index (χ0n) is 16.5. The summed E-state index contributed by atoms with van der Waals surface area (Å²) in [7, 11) is 0. The van der Waals surface area contributed by atoms with Crippen molar-refractivity contribution < 1.29 is 13.9 Å². The van der Waals surface area contributed by atoms with E-state index in [-0.39, 0.29) is 16.7 Å². The highest BCUT2D eigenvalue weighted by molar-refractivity contribution is 7.99. The number of thioether (sulfide) groups is 1. The van der Waals surface area contributed by atoms with Crippen LogP contribution in [0.3, 0.4) is 0 Å². The van der Waals surface area contributed by atoms with Crippen LogP contribution in [0, 0.1) is 5.82 Å². The van der Waals surface area contributed by atoms with E-state index in [2.05, 4.69) is 15.5 Å². The second-order valence-electron chi connectivity index (χ2n) is 6.39. The Hall–Kier alpha value is -2.00. The first-order chi connectivity index (χ1) is 14.8. The summed E-state index contributed by atoms with van der Waals surface area (Å²) in [5.41, 5.74) is 0.413.